The zero-order valence-electron chi connectivity index (χ0n) is 18.2. The number of hydrogen-bond acceptors (Lipinski definition) is 5. The molecule has 0 spiro atoms. The van der Waals surface area contributed by atoms with Crippen LogP contribution >= 0.6 is 0 Å². The Bertz CT molecular complexity index is 780. The molecule has 1 saturated heterocycles. The van der Waals surface area contributed by atoms with E-state index in [-0.39, 0.29) is 0 Å². The molecule has 1 aliphatic rings. The van der Waals surface area contributed by atoms with Gasteiger partial charge in [0.05, 0.1) is 25.5 Å². The Morgan fingerprint density at radius 2 is 2.03 bits per heavy atom. The predicted molar refractivity (Wildman–Crippen MR) is 117 cm³/mol. The van der Waals surface area contributed by atoms with Crippen molar-refractivity contribution in [1.29, 1.82) is 0 Å². The average Bonchev–Trinajstić information content (AvgIpc) is 2.96. The van der Waals surface area contributed by atoms with E-state index in [4.69, 9.17) is 9.84 Å². The van der Waals surface area contributed by atoms with E-state index in [2.05, 4.69) is 52.9 Å². The van der Waals surface area contributed by atoms with Crippen molar-refractivity contribution in [2.45, 2.75) is 46.8 Å². The van der Waals surface area contributed by atoms with Crippen molar-refractivity contribution >= 4 is 0 Å². The molecule has 0 aliphatic carbocycles. The fourth-order valence-corrected chi connectivity index (χ4v) is 3.90. The monoisotopic (exact) mass is 397 g/mol. The molecule has 1 fully saturated rings. The molecular formula is C23H35N5O. The molecule has 0 amide bonds. The first-order chi connectivity index (χ1) is 14.0. The number of morpholine rings is 1. The minimum absolute atomic E-state index is 0.784. The lowest BCUT2D eigenvalue weighted by molar-refractivity contribution is 0.0358. The highest BCUT2D eigenvalue weighted by Crippen LogP contribution is 2.18. The molecule has 0 N–H and O–H groups in total. The van der Waals surface area contributed by atoms with Crippen LogP contribution in [0.4, 0.5) is 0 Å². The number of ether oxygens (including phenoxy) is 1. The van der Waals surface area contributed by atoms with Crippen LogP contribution in [0.25, 0.3) is 0 Å². The lowest BCUT2D eigenvalue weighted by Gasteiger charge is -2.28. The van der Waals surface area contributed by atoms with Crippen molar-refractivity contribution in [3.8, 4) is 0 Å². The summed E-state index contributed by atoms with van der Waals surface area (Å²) in [6.45, 7) is 19.0. The Morgan fingerprint density at radius 3 is 2.72 bits per heavy atom. The van der Waals surface area contributed by atoms with E-state index in [0.29, 0.717) is 0 Å². The van der Waals surface area contributed by atoms with E-state index in [0.717, 1.165) is 76.7 Å². The molecule has 2 aromatic rings. The van der Waals surface area contributed by atoms with Crippen molar-refractivity contribution < 1.29 is 4.74 Å². The summed E-state index contributed by atoms with van der Waals surface area (Å²) < 4.78 is 7.55. The molecule has 3 heterocycles. The summed E-state index contributed by atoms with van der Waals surface area (Å²) in [6, 6.07) is 4.18. The molecule has 158 valence electrons. The molecule has 0 atom stereocenters. The summed E-state index contributed by atoms with van der Waals surface area (Å²) in [6.07, 6.45) is 4.96. The van der Waals surface area contributed by atoms with Crippen molar-refractivity contribution in [3.05, 3.63) is 59.2 Å². The minimum Gasteiger partial charge on any atom is -0.379 e. The van der Waals surface area contributed by atoms with Crippen molar-refractivity contribution in [3.63, 3.8) is 0 Å². The van der Waals surface area contributed by atoms with Gasteiger partial charge in [-0.05, 0) is 45.4 Å². The summed E-state index contributed by atoms with van der Waals surface area (Å²) in [5.41, 5.74) is 6.08. The molecule has 1 aliphatic heterocycles. The maximum absolute atomic E-state index is 5.47. The Kier molecular flexibility index (Phi) is 7.98. The van der Waals surface area contributed by atoms with E-state index < -0.39 is 0 Å². The van der Waals surface area contributed by atoms with Gasteiger partial charge in [0.15, 0.2) is 0 Å². The molecule has 29 heavy (non-hydrogen) atoms. The maximum atomic E-state index is 5.47. The van der Waals surface area contributed by atoms with E-state index in [9.17, 15) is 0 Å². The van der Waals surface area contributed by atoms with Gasteiger partial charge < -0.3 is 4.74 Å². The number of allylic oxidation sites excluding steroid dienone is 1. The summed E-state index contributed by atoms with van der Waals surface area (Å²) >= 11 is 0. The zero-order chi connectivity index (χ0) is 20.6. The smallest absolute Gasteiger partial charge is 0.0641 e. The van der Waals surface area contributed by atoms with Crippen LogP contribution in [0, 0.1) is 13.8 Å². The van der Waals surface area contributed by atoms with Crippen LogP contribution in [0.3, 0.4) is 0 Å². The second-order valence-electron chi connectivity index (χ2n) is 8.14. The lowest BCUT2D eigenvalue weighted by Crippen LogP contribution is -2.38. The SMILES string of the molecule is C=C(C)Cn1nc(C)c(CN(CCCN2CCOCC2)Cc2cccnc2)c1C. The van der Waals surface area contributed by atoms with Crippen molar-refractivity contribution in [1.82, 2.24) is 24.6 Å². The van der Waals surface area contributed by atoms with Gasteiger partial charge in [-0.25, -0.2) is 0 Å². The van der Waals surface area contributed by atoms with Gasteiger partial charge in [0.2, 0.25) is 0 Å². The van der Waals surface area contributed by atoms with E-state index in [1.807, 2.05) is 18.5 Å². The van der Waals surface area contributed by atoms with Crippen LogP contribution in [0.15, 0.2) is 36.7 Å². The molecule has 0 radical (unpaired) electrons. The van der Waals surface area contributed by atoms with Gasteiger partial charge >= 0.3 is 0 Å². The first kappa shape index (κ1) is 21.7. The first-order valence-electron chi connectivity index (χ1n) is 10.6. The van der Waals surface area contributed by atoms with E-state index >= 15 is 0 Å². The second kappa shape index (κ2) is 10.7. The van der Waals surface area contributed by atoms with Gasteiger partial charge in [0, 0.05) is 56.4 Å². The maximum Gasteiger partial charge on any atom is 0.0641 e. The molecule has 6 nitrogen and oxygen atoms in total. The lowest BCUT2D eigenvalue weighted by atomic mass is 10.1. The van der Waals surface area contributed by atoms with Gasteiger partial charge in [-0.1, -0.05) is 18.2 Å². The van der Waals surface area contributed by atoms with Crippen LogP contribution in [0.1, 0.15) is 35.9 Å². The fourth-order valence-electron chi connectivity index (χ4n) is 3.90. The predicted octanol–water partition coefficient (Wildman–Crippen LogP) is 3.20. The molecule has 0 unspecified atom stereocenters. The summed E-state index contributed by atoms with van der Waals surface area (Å²) in [4.78, 5) is 9.33. The minimum atomic E-state index is 0.784. The highest BCUT2D eigenvalue weighted by molar-refractivity contribution is 5.25. The molecular weight excluding hydrogens is 362 g/mol. The molecule has 0 aromatic carbocycles. The highest BCUT2D eigenvalue weighted by atomic mass is 16.5. The third-order valence-corrected chi connectivity index (χ3v) is 5.51. The number of nitrogens with zero attached hydrogens (tertiary/aromatic N) is 5. The van der Waals surface area contributed by atoms with Crippen LogP contribution in [-0.4, -0.2) is 64.0 Å². The van der Waals surface area contributed by atoms with E-state index in [1.165, 1.54) is 16.8 Å². The van der Waals surface area contributed by atoms with Crippen molar-refractivity contribution in [2.75, 3.05) is 39.4 Å². The Balaban J connectivity index is 1.67. The zero-order valence-corrected chi connectivity index (χ0v) is 18.2. The summed E-state index contributed by atoms with van der Waals surface area (Å²) in [5.74, 6) is 0. The van der Waals surface area contributed by atoms with Gasteiger partial charge in [-0.2, -0.15) is 5.10 Å². The van der Waals surface area contributed by atoms with Crippen LogP contribution in [0.5, 0.6) is 0 Å². The Labute approximate surface area is 175 Å². The summed E-state index contributed by atoms with van der Waals surface area (Å²) in [7, 11) is 0. The molecule has 3 rings (SSSR count). The van der Waals surface area contributed by atoms with Crippen LogP contribution in [-0.2, 0) is 24.4 Å². The highest BCUT2D eigenvalue weighted by Gasteiger charge is 2.17. The fraction of sp³-hybridized carbons (Fsp3) is 0.565. The van der Waals surface area contributed by atoms with Crippen LogP contribution < -0.4 is 0 Å². The average molecular weight is 398 g/mol. The van der Waals surface area contributed by atoms with Gasteiger partial charge in [-0.15, -0.1) is 0 Å². The Morgan fingerprint density at radius 1 is 1.24 bits per heavy atom. The summed E-state index contributed by atoms with van der Waals surface area (Å²) in [5, 5.41) is 4.76. The topological polar surface area (TPSA) is 46.4 Å². The largest absolute Gasteiger partial charge is 0.379 e. The third-order valence-electron chi connectivity index (χ3n) is 5.51. The quantitative estimate of drug-likeness (QED) is 0.576. The normalized spacial score (nSPS) is 15.2. The third kappa shape index (κ3) is 6.49. The van der Waals surface area contributed by atoms with Gasteiger partial charge in [0.25, 0.3) is 0 Å². The molecule has 0 saturated carbocycles. The number of aromatic nitrogens is 3. The number of rotatable bonds is 10. The molecule has 0 bridgehead atoms. The second-order valence-corrected chi connectivity index (χ2v) is 8.14. The van der Waals surface area contributed by atoms with Crippen LogP contribution in [0.2, 0.25) is 0 Å². The molecule has 2 aromatic heterocycles. The van der Waals surface area contributed by atoms with Gasteiger partial charge in [-0.3, -0.25) is 19.5 Å². The standard InChI is InChI=1S/C23H35N5O/c1-19(2)16-28-21(4)23(20(3)25-28)18-27(17-22-7-5-8-24-15-22)10-6-9-26-11-13-29-14-12-26/h5,7-8,15H,1,6,9-14,16-18H2,2-4H3. The molecule has 6 heteroatoms. The van der Waals surface area contributed by atoms with E-state index in [1.54, 1.807) is 0 Å². The van der Waals surface area contributed by atoms with Crippen molar-refractivity contribution in [2.24, 2.45) is 0 Å². The number of pyridine rings is 1. The Hall–Kier alpha value is -2.02. The number of aryl methyl sites for hydroxylation is 1. The number of hydrogen-bond donors (Lipinski definition) is 0. The van der Waals surface area contributed by atoms with Gasteiger partial charge in [0.1, 0.15) is 0 Å². The first-order valence-corrected chi connectivity index (χ1v) is 10.6.